The van der Waals surface area contributed by atoms with E-state index < -0.39 is 0 Å². The summed E-state index contributed by atoms with van der Waals surface area (Å²) < 4.78 is 2.09. The summed E-state index contributed by atoms with van der Waals surface area (Å²) >= 11 is 0. The fourth-order valence-electron chi connectivity index (χ4n) is 2.18. The summed E-state index contributed by atoms with van der Waals surface area (Å²) in [4.78, 5) is 2.09. The maximum Gasteiger partial charge on any atom is 0.204 e. The Labute approximate surface area is 163 Å². The van der Waals surface area contributed by atoms with E-state index in [1.165, 1.54) is 11.4 Å². The van der Waals surface area contributed by atoms with Crippen molar-refractivity contribution in [1.29, 1.82) is 0 Å². The molecule has 2 aromatic carbocycles. The third kappa shape index (κ3) is 7.82. The SMILES string of the molecule is CN(C=CC=CC=CC=CC=[N+](C)c1ccccc1)c1ccccc1.[Cl-]. The molecule has 2 aromatic rings. The van der Waals surface area contributed by atoms with Gasteiger partial charge in [0.2, 0.25) is 5.69 Å². The maximum absolute atomic E-state index is 2.09. The van der Waals surface area contributed by atoms with Crippen LogP contribution >= 0.6 is 0 Å². The van der Waals surface area contributed by atoms with E-state index >= 15 is 0 Å². The smallest absolute Gasteiger partial charge is 0.204 e. The molecule has 0 fully saturated rings. The first-order valence-electron chi connectivity index (χ1n) is 8.35. The molecule has 0 saturated carbocycles. The minimum atomic E-state index is 0. The highest BCUT2D eigenvalue weighted by atomic mass is 35.5. The van der Waals surface area contributed by atoms with Gasteiger partial charge in [0.1, 0.15) is 7.05 Å². The zero-order chi connectivity index (χ0) is 17.7. The minimum Gasteiger partial charge on any atom is -1.00 e. The van der Waals surface area contributed by atoms with E-state index in [4.69, 9.17) is 0 Å². The van der Waals surface area contributed by atoms with Crippen molar-refractivity contribution in [2.75, 3.05) is 19.0 Å². The summed E-state index contributed by atoms with van der Waals surface area (Å²) in [7, 11) is 4.08. The van der Waals surface area contributed by atoms with Crippen molar-refractivity contribution in [1.82, 2.24) is 0 Å². The Balaban J connectivity index is 0.00000338. The summed E-state index contributed by atoms with van der Waals surface area (Å²) in [5, 5.41) is 0. The largest absolute Gasteiger partial charge is 1.00 e. The van der Waals surface area contributed by atoms with Crippen LogP contribution in [0.1, 0.15) is 0 Å². The lowest BCUT2D eigenvalue weighted by Gasteiger charge is -2.12. The monoisotopic (exact) mass is 364 g/mol. The number of nitrogens with zero attached hydrogens (tertiary/aromatic N) is 2. The Morgan fingerprint density at radius 1 is 0.692 bits per heavy atom. The second-order valence-electron chi connectivity index (χ2n) is 5.54. The van der Waals surface area contributed by atoms with Crippen LogP contribution in [-0.4, -0.2) is 24.9 Å². The summed E-state index contributed by atoms with van der Waals surface area (Å²) in [6, 6.07) is 20.5. The molecule has 0 heterocycles. The highest BCUT2D eigenvalue weighted by Gasteiger charge is 1.97. The van der Waals surface area contributed by atoms with E-state index in [-0.39, 0.29) is 12.4 Å². The topological polar surface area (TPSA) is 6.25 Å². The lowest BCUT2D eigenvalue weighted by atomic mass is 10.3. The van der Waals surface area contributed by atoms with Gasteiger partial charge >= 0.3 is 0 Å². The molecule has 0 atom stereocenters. The van der Waals surface area contributed by atoms with Gasteiger partial charge in [-0.15, -0.1) is 0 Å². The number of hydrogen-bond acceptors (Lipinski definition) is 1. The second-order valence-corrected chi connectivity index (χ2v) is 5.54. The number of para-hydroxylation sites is 2. The normalized spacial score (nSPS) is 12.3. The minimum absolute atomic E-state index is 0. The van der Waals surface area contributed by atoms with Crippen molar-refractivity contribution < 1.29 is 17.0 Å². The lowest BCUT2D eigenvalue weighted by molar-refractivity contribution is -0.398. The van der Waals surface area contributed by atoms with E-state index in [1.807, 2.05) is 105 Å². The van der Waals surface area contributed by atoms with Gasteiger partial charge in [0.05, 0.1) is 0 Å². The number of rotatable bonds is 7. The van der Waals surface area contributed by atoms with Crippen molar-refractivity contribution in [3.05, 3.63) is 109 Å². The molecule has 0 spiro atoms. The van der Waals surface area contributed by atoms with Crippen LogP contribution in [-0.2, 0) is 0 Å². The average molecular weight is 365 g/mol. The average Bonchev–Trinajstić information content (AvgIpc) is 2.67. The van der Waals surface area contributed by atoms with Crippen LogP contribution in [0.15, 0.2) is 109 Å². The predicted octanol–water partition coefficient (Wildman–Crippen LogP) is 2.35. The number of hydrogen-bond donors (Lipinski definition) is 0. The van der Waals surface area contributed by atoms with Crippen molar-refractivity contribution >= 4 is 17.6 Å². The van der Waals surface area contributed by atoms with Crippen LogP contribution in [0.2, 0.25) is 0 Å². The molecule has 0 aliphatic rings. The first-order valence-corrected chi connectivity index (χ1v) is 8.35. The van der Waals surface area contributed by atoms with E-state index in [1.54, 1.807) is 0 Å². The Bertz CT molecular complexity index is 772. The van der Waals surface area contributed by atoms with Gasteiger partial charge in [-0.1, -0.05) is 66.8 Å². The molecule has 0 bridgehead atoms. The van der Waals surface area contributed by atoms with E-state index in [0.29, 0.717) is 0 Å². The third-order valence-corrected chi connectivity index (χ3v) is 3.61. The Morgan fingerprint density at radius 2 is 1.19 bits per heavy atom. The van der Waals surface area contributed by atoms with Gasteiger partial charge in [-0.25, -0.2) is 4.58 Å². The maximum atomic E-state index is 2.09. The molecule has 0 radical (unpaired) electrons. The Kier molecular flexibility index (Phi) is 10.2. The highest BCUT2D eigenvalue weighted by Crippen LogP contribution is 2.10. The molecule has 0 aliphatic carbocycles. The van der Waals surface area contributed by atoms with Gasteiger partial charge in [-0.2, -0.15) is 0 Å². The molecule has 0 aliphatic heterocycles. The van der Waals surface area contributed by atoms with Crippen LogP contribution in [0.4, 0.5) is 11.4 Å². The van der Waals surface area contributed by atoms with Crippen LogP contribution < -0.4 is 17.3 Å². The molecule has 0 N–H and O–H groups in total. The van der Waals surface area contributed by atoms with Gasteiger partial charge in [0.25, 0.3) is 0 Å². The molecule has 0 unspecified atom stereocenters. The molecule has 26 heavy (non-hydrogen) atoms. The van der Waals surface area contributed by atoms with Gasteiger partial charge < -0.3 is 17.3 Å². The molecule has 0 aromatic heterocycles. The summed E-state index contributed by atoms with van der Waals surface area (Å²) in [6.07, 6.45) is 18.2. The first kappa shape index (κ1) is 21.2. The highest BCUT2D eigenvalue weighted by molar-refractivity contribution is 5.68. The molecule has 0 saturated heterocycles. The van der Waals surface area contributed by atoms with Crippen molar-refractivity contribution in [3.63, 3.8) is 0 Å². The predicted molar refractivity (Wildman–Crippen MR) is 110 cm³/mol. The number of allylic oxidation sites excluding steroid dienone is 7. The van der Waals surface area contributed by atoms with E-state index in [9.17, 15) is 0 Å². The van der Waals surface area contributed by atoms with Gasteiger partial charge in [-0.05, 0) is 18.2 Å². The molecule has 134 valence electrons. The molecule has 2 rings (SSSR count). The van der Waals surface area contributed by atoms with Crippen LogP contribution in [0.5, 0.6) is 0 Å². The second kappa shape index (κ2) is 12.5. The molecular weight excluding hydrogens is 340 g/mol. The van der Waals surface area contributed by atoms with Crippen LogP contribution in [0, 0.1) is 0 Å². The standard InChI is InChI=1S/C23H25N2.ClH/c1-24(22-16-10-8-11-17-22)20-14-6-4-3-5-7-15-21-25(2)23-18-12-9-13-19-23;/h3-21H,1-2H3;1H/q+1;/p-1. The van der Waals surface area contributed by atoms with E-state index in [0.717, 1.165) is 0 Å². The zero-order valence-electron chi connectivity index (χ0n) is 15.2. The Hall–Kier alpha value is -2.84. The van der Waals surface area contributed by atoms with Gasteiger partial charge in [-0.3, -0.25) is 0 Å². The van der Waals surface area contributed by atoms with E-state index in [2.05, 4.69) is 33.7 Å². The number of benzene rings is 2. The quantitative estimate of drug-likeness (QED) is 0.415. The van der Waals surface area contributed by atoms with Crippen molar-refractivity contribution in [2.24, 2.45) is 0 Å². The zero-order valence-corrected chi connectivity index (χ0v) is 16.0. The Morgan fingerprint density at radius 3 is 1.81 bits per heavy atom. The van der Waals surface area contributed by atoms with Gasteiger partial charge in [0, 0.05) is 37.1 Å². The molecule has 2 nitrogen and oxygen atoms in total. The first-order chi connectivity index (χ1) is 12.3. The lowest BCUT2D eigenvalue weighted by Crippen LogP contribution is -3.00. The molecule has 3 heteroatoms. The van der Waals surface area contributed by atoms with Crippen LogP contribution in [0.3, 0.4) is 0 Å². The molecule has 0 amide bonds. The van der Waals surface area contributed by atoms with Crippen LogP contribution in [0.25, 0.3) is 0 Å². The summed E-state index contributed by atoms with van der Waals surface area (Å²) in [5.41, 5.74) is 2.34. The number of anilines is 1. The van der Waals surface area contributed by atoms with Crippen molar-refractivity contribution in [2.45, 2.75) is 0 Å². The van der Waals surface area contributed by atoms with Crippen molar-refractivity contribution in [3.8, 4) is 0 Å². The van der Waals surface area contributed by atoms with Gasteiger partial charge in [0.15, 0.2) is 6.21 Å². The fraction of sp³-hybridized carbons (Fsp3) is 0.0870. The summed E-state index contributed by atoms with van der Waals surface area (Å²) in [6.45, 7) is 0. The third-order valence-electron chi connectivity index (χ3n) is 3.61. The fourth-order valence-corrected chi connectivity index (χ4v) is 2.18. The summed E-state index contributed by atoms with van der Waals surface area (Å²) in [5.74, 6) is 0. The number of halogens is 1. The molecular formula is C23H25ClN2.